The van der Waals surface area contributed by atoms with E-state index in [0.29, 0.717) is 0 Å². The summed E-state index contributed by atoms with van der Waals surface area (Å²) in [6.45, 7) is 5.62. The zero-order valence-corrected chi connectivity index (χ0v) is 13.6. The molecule has 0 amide bonds. The zero-order valence-electron chi connectivity index (χ0n) is 12.8. The van der Waals surface area contributed by atoms with Gasteiger partial charge in [0.25, 0.3) is 0 Å². The van der Waals surface area contributed by atoms with E-state index in [0.717, 1.165) is 42.3 Å². The van der Waals surface area contributed by atoms with Crippen LogP contribution in [0, 0.1) is 0 Å². The third-order valence-corrected chi connectivity index (χ3v) is 3.57. The van der Waals surface area contributed by atoms with E-state index in [1.54, 1.807) is 13.4 Å². The van der Waals surface area contributed by atoms with Gasteiger partial charge in [-0.15, -0.1) is 0 Å². The number of hydrogen-bond donors (Lipinski definition) is 1. The molecule has 0 aliphatic carbocycles. The van der Waals surface area contributed by atoms with Crippen LogP contribution in [0.1, 0.15) is 25.8 Å². The van der Waals surface area contributed by atoms with Gasteiger partial charge in [0.1, 0.15) is 0 Å². The molecule has 0 fully saturated rings. The van der Waals surface area contributed by atoms with Gasteiger partial charge in [0.2, 0.25) is 0 Å². The molecule has 4 nitrogen and oxygen atoms in total. The van der Waals surface area contributed by atoms with Gasteiger partial charge in [0.15, 0.2) is 11.5 Å². The van der Waals surface area contributed by atoms with E-state index >= 15 is 0 Å². The minimum atomic E-state index is -0.704. The summed E-state index contributed by atoms with van der Waals surface area (Å²) in [6.07, 6.45) is 2.79. The summed E-state index contributed by atoms with van der Waals surface area (Å²) in [4.78, 5) is 0. The summed E-state index contributed by atoms with van der Waals surface area (Å²) in [5.74, 6) is 2.28. The van der Waals surface area contributed by atoms with Gasteiger partial charge < -0.3 is 14.8 Å². The van der Waals surface area contributed by atoms with E-state index in [2.05, 4.69) is 5.32 Å². The smallest absolute Gasteiger partial charge is 0.161 e. The normalized spacial score (nSPS) is 12.4. The molecule has 1 atom stereocenters. The summed E-state index contributed by atoms with van der Waals surface area (Å²) in [5, 5.41) is 3.34. The molecular weight excluding hydrogens is 274 g/mol. The molecule has 0 saturated carbocycles. The average Bonchev–Trinajstić information content (AvgIpc) is 2.38. The zero-order chi connectivity index (χ0) is 15.0. The Morgan fingerprint density at radius 2 is 2.05 bits per heavy atom. The van der Waals surface area contributed by atoms with Crippen LogP contribution in [0.2, 0.25) is 0 Å². The molecule has 0 radical (unpaired) electrons. The second-order valence-corrected chi connectivity index (χ2v) is 6.51. The molecule has 1 rings (SSSR count). The number of nitrogens with one attached hydrogen (secondary N) is 1. The van der Waals surface area contributed by atoms with Crippen molar-refractivity contribution < 1.29 is 13.7 Å². The third kappa shape index (κ3) is 6.39. The monoisotopic (exact) mass is 299 g/mol. The molecule has 0 aliphatic heterocycles. The van der Waals surface area contributed by atoms with Crippen LogP contribution in [-0.2, 0) is 17.3 Å². The van der Waals surface area contributed by atoms with Crippen molar-refractivity contribution in [3.63, 3.8) is 0 Å². The Kier molecular flexibility index (Phi) is 7.62. The minimum Gasteiger partial charge on any atom is -0.493 e. The van der Waals surface area contributed by atoms with Crippen molar-refractivity contribution >= 4 is 10.8 Å². The number of hydrogen-bond acceptors (Lipinski definition) is 4. The molecule has 20 heavy (non-hydrogen) atoms. The molecule has 0 bridgehead atoms. The lowest BCUT2D eigenvalue weighted by atomic mass is 10.2. The molecule has 1 N–H and O–H groups in total. The molecule has 114 valence electrons. The molecule has 1 aromatic carbocycles. The lowest BCUT2D eigenvalue weighted by Gasteiger charge is -2.14. The van der Waals surface area contributed by atoms with Gasteiger partial charge in [-0.2, -0.15) is 0 Å². The highest BCUT2D eigenvalue weighted by Gasteiger charge is 2.07. The molecule has 1 unspecified atom stereocenters. The SMILES string of the molecule is COc1cc(CNCCCS(C)=O)ccc1OC(C)C. The number of ether oxygens (including phenoxy) is 2. The van der Waals surface area contributed by atoms with E-state index in [-0.39, 0.29) is 6.10 Å². The Morgan fingerprint density at radius 1 is 1.30 bits per heavy atom. The predicted molar refractivity (Wildman–Crippen MR) is 84.0 cm³/mol. The Bertz CT molecular complexity index is 435. The minimum absolute atomic E-state index is 0.128. The first kappa shape index (κ1) is 17.0. The summed E-state index contributed by atoms with van der Waals surface area (Å²) in [5.41, 5.74) is 1.15. The Morgan fingerprint density at radius 3 is 2.65 bits per heavy atom. The van der Waals surface area contributed by atoms with Crippen molar-refractivity contribution in [2.24, 2.45) is 0 Å². The van der Waals surface area contributed by atoms with E-state index in [4.69, 9.17) is 9.47 Å². The standard InChI is InChI=1S/C15H25NO3S/c1-12(2)19-14-7-6-13(10-15(14)18-3)11-16-8-5-9-20(4)17/h6-7,10,12,16H,5,8-9,11H2,1-4H3. The van der Waals surface area contributed by atoms with Crippen LogP contribution >= 0.6 is 0 Å². The summed E-state index contributed by atoms with van der Waals surface area (Å²) < 4.78 is 22.0. The fourth-order valence-electron chi connectivity index (χ4n) is 1.81. The average molecular weight is 299 g/mol. The molecule has 0 heterocycles. The highest BCUT2D eigenvalue weighted by molar-refractivity contribution is 7.84. The molecule has 0 aliphatic rings. The Labute approximate surface area is 124 Å². The highest BCUT2D eigenvalue weighted by atomic mass is 32.2. The summed E-state index contributed by atoms with van der Waals surface area (Å²) in [7, 11) is 0.945. The van der Waals surface area contributed by atoms with Crippen molar-refractivity contribution in [3.8, 4) is 11.5 Å². The summed E-state index contributed by atoms with van der Waals surface area (Å²) >= 11 is 0. The first-order chi connectivity index (χ1) is 9.52. The van der Waals surface area contributed by atoms with Gasteiger partial charge in [-0.3, -0.25) is 4.21 Å². The number of methoxy groups -OCH3 is 1. The van der Waals surface area contributed by atoms with Crippen LogP contribution in [0.3, 0.4) is 0 Å². The van der Waals surface area contributed by atoms with Crippen LogP contribution in [0.5, 0.6) is 11.5 Å². The van der Waals surface area contributed by atoms with Crippen LogP contribution in [0.4, 0.5) is 0 Å². The fourth-order valence-corrected chi connectivity index (χ4v) is 2.36. The van der Waals surface area contributed by atoms with Crippen molar-refractivity contribution in [3.05, 3.63) is 23.8 Å². The number of benzene rings is 1. The van der Waals surface area contributed by atoms with Gasteiger partial charge in [-0.1, -0.05) is 6.07 Å². The van der Waals surface area contributed by atoms with Gasteiger partial charge >= 0.3 is 0 Å². The first-order valence-corrected chi connectivity index (χ1v) is 8.60. The first-order valence-electron chi connectivity index (χ1n) is 6.87. The molecular formula is C15H25NO3S. The van der Waals surface area contributed by atoms with E-state index in [1.165, 1.54) is 0 Å². The van der Waals surface area contributed by atoms with Crippen LogP contribution in [-0.4, -0.2) is 36.0 Å². The van der Waals surface area contributed by atoms with E-state index in [9.17, 15) is 4.21 Å². The largest absolute Gasteiger partial charge is 0.493 e. The lowest BCUT2D eigenvalue weighted by molar-refractivity contribution is 0.230. The van der Waals surface area contributed by atoms with Crippen LogP contribution < -0.4 is 14.8 Å². The second-order valence-electron chi connectivity index (χ2n) is 4.96. The maximum Gasteiger partial charge on any atom is 0.161 e. The van der Waals surface area contributed by atoms with Crippen molar-refractivity contribution in [1.29, 1.82) is 0 Å². The van der Waals surface area contributed by atoms with Crippen molar-refractivity contribution in [2.45, 2.75) is 32.9 Å². The van der Waals surface area contributed by atoms with E-state index < -0.39 is 10.8 Å². The maximum absolute atomic E-state index is 10.9. The Balaban J connectivity index is 2.48. The van der Waals surface area contributed by atoms with Gasteiger partial charge in [0.05, 0.1) is 13.2 Å². The van der Waals surface area contributed by atoms with Crippen LogP contribution in [0.25, 0.3) is 0 Å². The molecule has 0 spiro atoms. The van der Waals surface area contributed by atoms with E-state index in [1.807, 2.05) is 32.0 Å². The van der Waals surface area contributed by atoms with Crippen LogP contribution in [0.15, 0.2) is 18.2 Å². The summed E-state index contributed by atoms with van der Waals surface area (Å²) in [6, 6.07) is 5.96. The molecule has 5 heteroatoms. The van der Waals surface area contributed by atoms with Gasteiger partial charge in [-0.05, 0) is 44.5 Å². The number of rotatable bonds is 9. The van der Waals surface area contributed by atoms with Gasteiger partial charge in [0, 0.05) is 29.4 Å². The quantitative estimate of drug-likeness (QED) is 0.711. The fraction of sp³-hybridized carbons (Fsp3) is 0.600. The molecule has 0 saturated heterocycles. The lowest BCUT2D eigenvalue weighted by Crippen LogP contribution is -2.16. The van der Waals surface area contributed by atoms with Crippen molar-refractivity contribution in [1.82, 2.24) is 5.32 Å². The third-order valence-electron chi connectivity index (χ3n) is 2.71. The predicted octanol–water partition coefficient (Wildman–Crippen LogP) is 2.34. The Hall–Kier alpha value is -1.07. The highest BCUT2D eigenvalue weighted by Crippen LogP contribution is 2.28. The van der Waals surface area contributed by atoms with Crippen molar-refractivity contribution in [2.75, 3.05) is 25.7 Å². The topological polar surface area (TPSA) is 47.6 Å². The molecule has 1 aromatic rings. The van der Waals surface area contributed by atoms with Gasteiger partial charge in [-0.25, -0.2) is 0 Å². The second kappa shape index (κ2) is 8.97. The molecule has 0 aromatic heterocycles. The maximum atomic E-state index is 10.9.